The first kappa shape index (κ1) is 10.9. The molecule has 0 aromatic heterocycles. The number of carbonyl (C=O) groups excluding carboxylic acids is 1. The summed E-state index contributed by atoms with van der Waals surface area (Å²) in [5.41, 5.74) is 4.40. The summed E-state index contributed by atoms with van der Waals surface area (Å²) in [5, 5.41) is 6.23. The molecule has 0 spiro atoms. The highest BCUT2D eigenvalue weighted by molar-refractivity contribution is 5.91. The van der Waals surface area contributed by atoms with Crippen LogP contribution in [0.15, 0.2) is 23.3 Å². The SMILES string of the molecule is CC1=NN(c2cc(C)cc(C)c2)C(C=O)C1. The van der Waals surface area contributed by atoms with Crippen molar-refractivity contribution in [3.05, 3.63) is 29.3 Å². The second kappa shape index (κ2) is 4.08. The first-order valence-electron chi connectivity index (χ1n) is 5.47. The number of carbonyl (C=O) groups is 1. The van der Waals surface area contributed by atoms with E-state index >= 15 is 0 Å². The van der Waals surface area contributed by atoms with Crippen molar-refractivity contribution in [3.8, 4) is 0 Å². The molecule has 0 N–H and O–H groups in total. The number of aryl methyl sites for hydroxylation is 2. The van der Waals surface area contributed by atoms with E-state index in [4.69, 9.17) is 0 Å². The average Bonchev–Trinajstić information content (AvgIpc) is 2.58. The molecule has 1 aliphatic heterocycles. The Bertz CT molecular complexity index is 431. The predicted octanol–water partition coefficient (Wildman–Crippen LogP) is 2.46. The van der Waals surface area contributed by atoms with E-state index in [0.717, 1.165) is 24.1 Å². The van der Waals surface area contributed by atoms with Gasteiger partial charge in [-0.15, -0.1) is 0 Å². The van der Waals surface area contributed by atoms with Crippen LogP contribution in [-0.4, -0.2) is 18.0 Å². The lowest BCUT2D eigenvalue weighted by atomic mass is 10.1. The van der Waals surface area contributed by atoms with E-state index in [-0.39, 0.29) is 6.04 Å². The molecule has 3 heteroatoms. The molecular formula is C13H16N2O. The molecule has 0 saturated heterocycles. The van der Waals surface area contributed by atoms with E-state index in [1.54, 1.807) is 0 Å². The van der Waals surface area contributed by atoms with Gasteiger partial charge in [-0.1, -0.05) is 6.07 Å². The summed E-state index contributed by atoms with van der Waals surface area (Å²) in [6, 6.07) is 6.10. The van der Waals surface area contributed by atoms with E-state index in [9.17, 15) is 4.79 Å². The fourth-order valence-electron chi connectivity index (χ4n) is 2.13. The number of aldehydes is 1. The van der Waals surface area contributed by atoms with Gasteiger partial charge in [0.2, 0.25) is 0 Å². The van der Waals surface area contributed by atoms with Gasteiger partial charge in [0, 0.05) is 12.1 Å². The third kappa shape index (κ3) is 1.98. The highest BCUT2D eigenvalue weighted by atomic mass is 16.1. The van der Waals surface area contributed by atoms with Crippen molar-refractivity contribution in [2.45, 2.75) is 33.2 Å². The number of nitrogens with zero attached hydrogens (tertiary/aromatic N) is 2. The lowest BCUT2D eigenvalue weighted by Gasteiger charge is -2.20. The van der Waals surface area contributed by atoms with Crippen LogP contribution in [0.25, 0.3) is 0 Å². The molecule has 1 unspecified atom stereocenters. The van der Waals surface area contributed by atoms with Crippen LogP contribution in [0, 0.1) is 13.8 Å². The number of hydrazone groups is 1. The van der Waals surface area contributed by atoms with E-state index in [2.05, 4.69) is 37.1 Å². The Morgan fingerprint density at radius 2 is 1.88 bits per heavy atom. The molecule has 0 radical (unpaired) electrons. The fraction of sp³-hybridized carbons (Fsp3) is 0.385. The van der Waals surface area contributed by atoms with Crippen LogP contribution < -0.4 is 5.01 Å². The molecule has 0 amide bonds. The molecule has 1 aliphatic rings. The van der Waals surface area contributed by atoms with E-state index in [0.29, 0.717) is 0 Å². The van der Waals surface area contributed by atoms with Crippen LogP contribution in [0.2, 0.25) is 0 Å². The number of anilines is 1. The molecule has 3 nitrogen and oxygen atoms in total. The molecule has 0 fully saturated rings. The van der Waals surface area contributed by atoms with E-state index in [1.807, 2.05) is 11.9 Å². The molecule has 1 aromatic carbocycles. The van der Waals surface area contributed by atoms with E-state index < -0.39 is 0 Å². The Labute approximate surface area is 95.8 Å². The van der Waals surface area contributed by atoms with Crippen molar-refractivity contribution in [2.75, 3.05) is 5.01 Å². The van der Waals surface area contributed by atoms with Crippen molar-refractivity contribution < 1.29 is 4.79 Å². The highest BCUT2D eigenvalue weighted by Gasteiger charge is 2.25. The van der Waals surface area contributed by atoms with Crippen molar-refractivity contribution >= 4 is 17.7 Å². The van der Waals surface area contributed by atoms with Gasteiger partial charge in [-0.2, -0.15) is 5.10 Å². The maximum absolute atomic E-state index is 11.0. The second-order valence-corrected chi connectivity index (χ2v) is 4.43. The summed E-state index contributed by atoms with van der Waals surface area (Å²) in [6.07, 6.45) is 1.70. The van der Waals surface area contributed by atoms with Crippen LogP contribution in [0.5, 0.6) is 0 Å². The van der Waals surface area contributed by atoms with Crippen molar-refractivity contribution in [1.29, 1.82) is 0 Å². The first-order valence-corrected chi connectivity index (χ1v) is 5.47. The molecule has 1 aromatic rings. The Hall–Kier alpha value is -1.64. The minimum atomic E-state index is -0.138. The summed E-state index contributed by atoms with van der Waals surface area (Å²) in [4.78, 5) is 11.0. The minimum Gasteiger partial charge on any atom is -0.301 e. The van der Waals surface area contributed by atoms with Gasteiger partial charge in [-0.05, 0) is 44.0 Å². The van der Waals surface area contributed by atoms with Gasteiger partial charge in [-0.3, -0.25) is 5.01 Å². The summed E-state index contributed by atoms with van der Waals surface area (Å²) < 4.78 is 0. The first-order chi connectivity index (χ1) is 7.60. The van der Waals surface area contributed by atoms with Crippen molar-refractivity contribution in [3.63, 3.8) is 0 Å². The molecule has 16 heavy (non-hydrogen) atoms. The van der Waals surface area contributed by atoms with Crippen LogP contribution in [-0.2, 0) is 4.79 Å². The van der Waals surface area contributed by atoms with Gasteiger partial charge in [0.25, 0.3) is 0 Å². The fourth-order valence-corrected chi connectivity index (χ4v) is 2.13. The molecule has 84 valence electrons. The smallest absolute Gasteiger partial charge is 0.144 e. The summed E-state index contributed by atoms with van der Waals surface area (Å²) in [7, 11) is 0. The molecule has 0 aliphatic carbocycles. The molecule has 1 heterocycles. The maximum atomic E-state index is 11.0. The zero-order chi connectivity index (χ0) is 11.7. The molecule has 1 atom stereocenters. The number of hydrogen-bond donors (Lipinski definition) is 0. The third-order valence-corrected chi connectivity index (χ3v) is 2.73. The van der Waals surface area contributed by atoms with Crippen molar-refractivity contribution in [1.82, 2.24) is 0 Å². The zero-order valence-electron chi connectivity index (χ0n) is 9.90. The predicted molar refractivity (Wildman–Crippen MR) is 66.0 cm³/mol. The van der Waals surface area contributed by atoms with Gasteiger partial charge in [0.05, 0.1) is 5.69 Å². The second-order valence-electron chi connectivity index (χ2n) is 4.43. The monoisotopic (exact) mass is 216 g/mol. The highest BCUT2D eigenvalue weighted by Crippen LogP contribution is 2.25. The standard InChI is InChI=1S/C13H16N2O/c1-9-4-10(2)6-12(5-9)15-13(8-16)7-11(3)14-15/h4-6,8,13H,7H2,1-3H3. The number of hydrogen-bond acceptors (Lipinski definition) is 3. The quantitative estimate of drug-likeness (QED) is 0.711. The zero-order valence-corrected chi connectivity index (χ0v) is 9.90. The summed E-state index contributed by atoms with van der Waals surface area (Å²) in [5.74, 6) is 0. The van der Waals surface area contributed by atoms with Crippen LogP contribution in [0.4, 0.5) is 5.69 Å². The largest absolute Gasteiger partial charge is 0.301 e. The van der Waals surface area contributed by atoms with Gasteiger partial charge >= 0.3 is 0 Å². The topological polar surface area (TPSA) is 32.7 Å². The minimum absolute atomic E-state index is 0.138. The number of benzene rings is 1. The van der Waals surface area contributed by atoms with Crippen LogP contribution in [0.3, 0.4) is 0 Å². The average molecular weight is 216 g/mol. The Morgan fingerprint density at radius 3 is 2.44 bits per heavy atom. The van der Waals surface area contributed by atoms with Gasteiger partial charge in [0.15, 0.2) is 0 Å². The van der Waals surface area contributed by atoms with Gasteiger partial charge < -0.3 is 4.79 Å². The van der Waals surface area contributed by atoms with Gasteiger partial charge in [-0.25, -0.2) is 0 Å². The van der Waals surface area contributed by atoms with Crippen LogP contribution >= 0.6 is 0 Å². The summed E-state index contributed by atoms with van der Waals surface area (Å²) >= 11 is 0. The van der Waals surface area contributed by atoms with Crippen molar-refractivity contribution in [2.24, 2.45) is 5.10 Å². The molecule has 0 saturated carbocycles. The maximum Gasteiger partial charge on any atom is 0.144 e. The lowest BCUT2D eigenvalue weighted by molar-refractivity contribution is -0.108. The Kier molecular flexibility index (Phi) is 2.77. The Morgan fingerprint density at radius 1 is 1.25 bits per heavy atom. The molecule has 0 bridgehead atoms. The van der Waals surface area contributed by atoms with Gasteiger partial charge in [0.1, 0.15) is 12.3 Å². The lowest BCUT2D eigenvalue weighted by Crippen LogP contribution is -2.27. The Balaban J connectivity index is 2.39. The molecular weight excluding hydrogens is 200 g/mol. The number of rotatable bonds is 2. The normalized spacial score (nSPS) is 19.8. The molecule has 2 rings (SSSR count). The third-order valence-electron chi connectivity index (χ3n) is 2.73. The van der Waals surface area contributed by atoms with E-state index in [1.165, 1.54) is 11.1 Å². The van der Waals surface area contributed by atoms with Crippen LogP contribution in [0.1, 0.15) is 24.5 Å². The summed E-state index contributed by atoms with van der Waals surface area (Å²) in [6.45, 7) is 6.07.